The Kier molecular flexibility index (Phi) is 5.89. The minimum Gasteiger partial charge on any atom is -0.480 e. The van der Waals surface area contributed by atoms with Crippen LogP contribution < -0.4 is 10.1 Å². The van der Waals surface area contributed by atoms with Crippen molar-refractivity contribution in [3.05, 3.63) is 29.8 Å². The van der Waals surface area contributed by atoms with Gasteiger partial charge < -0.3 is 20.1 Å². The van der Waals surface area contributed by atoms with E-state index in [9.17, 15) is 23.2 Å². The van der Waals surface area contributed by atoms with E-state index in [1.165, 1.54) is 36.1 Å². The smallest absolute Gasteiger partial charge is 0.387 e. The lowest BCUT2D eigenvalue weighted by Crippen LogP contribution is -2.50. The highest BCUT2D eigenvalue weighted by Gasteiger charge is 2.36. The van der Waals surface area contributed by atoms with Gasteiger partial charge in [-0.2, -0.15) is 8.78 Å². The van der Waals surface area contributed by atoms with Gasteiger partial charge >= 0.3 is 12.6 Å². The standard InChI is InChI=1S/C16H18F2N2O5/c1-9(15(23)24)19-13(21)11-6-4-8-20(11)14(22)10-5-2-3-7-12(10)25-16(17)18/h2-3,5,7,9,11,16H,4,6,8H2,1H3,(H,19,21)(H,23,24)/t9-,11?/m0/s1. The van der Waals surface area contributed by atoms with Gasteiger partial charge in [0, 0.05) is 6.54 Å². The number of amides is 2. The van der Waals surface area contributed by atoms with E-state index in [1.807, 2.05) is 0 Å². The van der Waals surface area contributed by atoms with Gasteiger partial charge in [-0.05, 0) is 31.9 Å². The van der Waals surface area contributed by atoms with Crippen LogP contribution in [0.25, 0.3) is 0 Å². The number of hydrogen-bond acceptors (Lipinski definition) is 4. The van der Waals surface area contributed by atoms with Gasteiger partial charge in [0.05, 0.1) is 5.56 Å². The molecule has 0 aliphatic carbocycles. The molecule has 136 valence electrons. The molecule has 9 heteroatoms. The Morgan fingerprint density at radius 3 is 2.64 bits per heavy atom. The van der Waals surface area contributed by atoms with Crippen molar-refractivity contribution >= 4 is 17.8 Å². The van der Waals surface area contributed by atoms with Crippen molar-refractivity contribution in [3.63, 3.8) is 0 Å². The maximum absolute atomic E-state index is 12.7. The molecule has 25 heavy (non-hydrogen) atoms. The number of carboxylic acid groups (broad SMARTS) is 1. The Morgan fingerprint density at radius 2 is 2.00 bits per heavy atom. The summed E-state index contributed by atoms with van der Waals surface area (Å²) in [6.07, 6.45) is 0.908. The number of para-hydroxylation sites is 1. The normalized spacial score (nSPS) is 18.1. The Balaban J connectivity index is 2.18. The lowest BCUT2D eigenvalue weighted by molar-refractivity contribution is -0.141. The maximum Gasteiger partial charge on any atom is 0.387 e. The topological polar surface area (TPSA) is 95.9 Å². The minimum absolute atomic E-state index is 0.0752. The van der Waals surface area contributed by atoms with Gasteiger partial charge in [-0.1, -0.05) is 12.1 Å². The predicted molar refractivity (Wildman–Crippen MR) is 82.4 cm³/mol. The molecule has 0 aromatic heterocycles. The number of nitrogens with one attached hydrogen (secondary N) is 1. The molecular formula is C16H18F2N2O5. The van der Waals surface area contributed by atoms with Crippen molar-refractivity contribution in [2.75, 3.05) is 6.54 Å². The molecule has 1 heterocycles. The molecule has 0 bridgehead atoms. The van der Waals surface area contributed by atoms with Crippen LogP contribution in [-0.4, -0.2) is 53.0 Å². The summed E-state index contributed by atoms with van der Waals surface area (Å²) in [6, 6.07) is 3.60. The van der Waals surface area contributed by atoms with E-state index in [2.05, 4.69) is 10.1 Å². The molecule has 0 spiro atoms. The van der Waals surface area contributed by atoms with Crippen molar-refractivity contribution in [2.45, 2.75) is 38.5 Å². The van der Waals surface area contributed by atoms with Crippen LogP contribution in [0.15, 0.2) is 24.3 Å². The average molecular weight is 356 g/mol. The fourth-order valence-electron chi connectivity index (χ4n) is 2.65. The van der Waals surface area contributed by atoms with Gasteiger partial charge in [-0.3, -0.25) is 14.4 Å². The molecule has 0 saturated carbocycles. The predicted octanol–water partition coefficient (Wildman–Crippen LogP) is 1.48. The zero-order chi connectivity index (χ0) is 18.6. The first-order valence-corrected chi connectivity index (χ1v) is 7.69. The number of nitrogens with zero attached hydrogens (tertiary/aromatic N) is 1. The third-order valence-electron chi connectivity index (χ3n) is 3.88. The lowest BCUT2D eigenvalue weighted by Gasteiger charge is -2.25. The Labute approximate surface area is 142 Å². The first kappa shape index (κ1) is 18.6. The zero-order valence-electron chi connectivity index (χ0n) is 13.4. The first-order chi connectivity index (χ1) is 11.8. The molecule has 2 N–H and O–H groups in total. The third-order valence-corrected chi connectivity index (χ3v) is 3.88. The fraction of sp³-hybridized carbons (Fsp3) is 0.438. The minimum atomic E-state index is -3.08. The van der Waals surface area contributed by atoms with Crippen LogP contribution in [0.4, 0.5) is 8.78 Å². The molecule has 1 unspecified atom stereocenters. The van der Waals surface area contributed by atoms with Crippen molar-refractivity contribution in [3.8, 4) is 5.75 Å². The highest BCUT2D eigenvalue weighted by Crippen LogP contribution is 2.26. The molecule has 1 saturated heterocycles. The van der Waals surface area contributed by atoms with E-state index < -0.39 is 36.5 Å². The summed E-state index contributed by atoms with van der Waals surface area (Å²) in [5.41, 5.74) is -0.0752. The van der Waals surface area contributed by atoms with Crippen LogP contribution in [-0.2, 0) is 9.59 Å². The van der Waals surface area contributed by atoms with Crippen LogP contribution in [0.1, 0.15) is 30.1 Å². The summed E-state index contributed by atoms with van der Waals surface area (Å²) in [4.78, 5) is 37.0. The molecule has 7 nitrogen and oxygen atoms in total. The summed E-state index contributed by atoms with van der Waals surface area (Å²) in [5, 5.41) is 11.2. The first-order valence-electron chi connectivity index (χ1n) is 7.69. The quantitative estimate of drug-likeness (QED) is 0.805. The van der Waals surface area contributed by atoms with E-state index in [0.29, 0.717) is 12.8 Å². The molecule has 2 amide bonds. The highest BCUT2D eigenvalue weighted by atomic mass is 19.3. The van der Waals surface area contributed by atoms with Gasteiger partial charge in [0.25, 0.3) is 5.91 Å². The number of carboxylic acids is 1. The van der Waals surface area contributed by atoms with E-state index >= 15 is 0 Å². The highest BCUT2D eigenvalue weighted by molar-refractivity contribution is 6.00. The number of carbonyl (C=O) groups excluding carboxylic acids is 2. The van der Waals surface area contributed by atoms with Gasteiger partial charge in [-0.15, -0.1) is 0 Å². The van der Waals surface area contributed by atoms with Crippen molar-refractivity contribution in [1.29, 1.82) is 0 Å². The number of aliphatic carboxylic acids is 1. The summed E-state index contributed by atoms with van der Waals surface area (Å²) >= 11 is 0. The monoisotopic (exact) mass is 356 g/mol. The lowest BCUT2D eigenvalue weighted by atomic mass is 10.1. The molecule has 1 aromatic rings. The number of likely N-dealkylation sites (tertiary alicyclic amines) is 1. The number of hydrogen-bond donors (Lipinski definition) is 2. The van der Waals surface area contributed by atoms with Crippen LogP contribution in [0, 0.1) is 0 Å². The molecule has 1 aliphatic rings. The average Bonchev–Trinajstić information content (AvgIpc) is 3.03. The largest absolute Gasteiger partial charge is 0.480 e. The molecule has 1 aromatic carbocycles. The summed E-state index contributed by atoms with van der Waals surface area (Å²) in [7, 11) is 0. The van der Waals surface area contributed by atoms with E-state index in [4.69, 9.17) is 5.11 Å². The number of halogens is 2. The van der Waals surface area contributed by atoms with Crippen molar-refractivity contribution < 1.29 is 33.0 Å². The zero-order valence-corrected chi connectivity index (χ0v) is 13.4. The van der Waals surface area contributed by atoms with Gasteiger partial charge in [0.2, 0.25) is 5.91 Å². The number of benzene rings is 1. The molecule has 1 aliphatic heterocycles. The molecule has 0 radical (unpaired) electrons. The van der Waals surface area contributed by atoms with Crippen molar-refractivity contribution in [1.82, 2.24) is 10.2 Å². The maximum atomic E-state index is 12.7. The summed E-state index contributed by atoms with van der Waals surface area (Å²) in [5.74, 6) is -2.67. The van der Waals surface area contributed by atoms with Gasteiger partial charge in [0.15, 0.2) is 0 Å². The number of alkyl halides is 2. The second-order valence-electron chi connectivity index (χ2n) is 5.60. The third kappa shape index (κ3) is 4.43. The van der Waals surface area contributed by atoms with Gasteiger partial charge in [0.1, 0.15) is 17.8 Å². The SMILES string of the molecule is C[C@H](NC(=O)C1CCCN1C(=O)c1ccccc1OC(F)F)C(=O)O. The second-order valence-corrected chi connectivity index (χ2v) is 5.60. The Hall–Kier alpha value is -2.71. The molecule has 2 atom stereocenters. The fourth-order valence-corrected chi connectivity index (χ4v) is 2.65. The number of ether oxygens (including phenoxy) is 1. The molecule has 1 fully saturated rings. The Morgan fingerprint density at radius 1 is 1.32 bits per heavy atom. The van der Waals surface area contributed by atoms with E-state index in [1.54, 1.807) is 0 Å². The van der Waals surface area contributed by atoms with Crippen molar-refractivity contribution in [2.24, 2.45) is 0 Å². The van der Waals surface area contributed by atoms with Gasteiger partial charge in [-0.25, -0.2) is 0 Å². The van der Waals surface area contributed by atoms with Crippen LogP contribution in [0.5, 0.6) is 5.75 Å². The van der Waals surface area contributed by atoms with Crippen LogP contribution >= 0.6 is 0 Å². The second kappa shape index (κ2) is 7.91. The van der Waals surface area contributed by atoms with Crippen LogP contribution in [0.2, 0.25) is 0 Å². The molecular weight excluding hydrogens is 338 g/mol. The molecule has 2 rings (SSSR count). The number of rotatable bonds is 6. The van der Waals surface area contributed by atoms with E-state index in [0.717, 1.165) is 0 Å². The summed E-state index contributed by atoms with van der Waals surface area (Å²) < 4.78 is 29.4. The Bertz CT molecular complexity index is 668. The van der Waals surface area contributed by atoms with Crippen LogP contribution in [0.3, 0.4) is 0 Å². The van der Waals surface area contributed by atoms with E-state index in [-0.39, 0.29) is 17.9 Å². The number of carbonyl (C=O) groups is 3. The summed E-state index contributed by atoms with van der Waals surface area (Å²) in [6.45, 7) is -1.50.